The minimum atomic E-state index is -4.53. The van der Waals surface area contributed by atoms with E-state index in [-0.39, 0.29) is 11.4 Å². The summed E-state index contributed by atoms with van der Waals surface area (Å²) < 4.78 is 70.3. The Morgan fingerprint density at radius 2 is 1.69 bits per heavy atom. The summed E-state index contributed by atoms with van der Waals surface area (Å²) in [4.78, 5) is -0.268. The monoisotopic (exact) mass is 407 g/mol. The molecule has 9 heteroatoms. The number of ether oxygens (including phenoxy) is 1. The minimum absolute atomic E-state index is 0.132. The highest BCUT2D eigenvalue weighted by Gasteiger charge is 2.32. The molecule has 0 aromatic heterocycles. The van der Waals surface area contributed by atoms with Crippen molar-refractivity contribution in [2.75, 3.05) is 13.7 Å². The maximum absolute atomic E-state index is 12.6. The highest BCUT2D eigenvalue weighted by Crippen LogP contribution is 2.30. The summed E-state index contributed by atoms with van der Waals surface area (Å²) in [5, 5.41) is 0.469. The van der Waals surface area contributed by atoms with Gasteiger partial charge in [-0.05, 0) is 48.9 Å². The second kappa shape index (κ2) is 7.56. The van der Waals surface area contributed by atoms with Crippen LogP contribution in [-0.2, 0) is 26.5 Å². The van der Waals surface area contributed by atoms with Crippen molar-refractivity contribution < 1.29 is 26.3 Å². The fraction of sp³-hybridized carbons (Fsp3) is 0.294. The summed E-state index contributed by atoms with van der Waals surface area (Å²) in [5.74, 6) is 0. The van der Waals surface area contributed by atoms with Crippen LogP contribution < -0.4 is 4.72 Å². The molecule has 26 heavy (non-hydrogen) atoms. The first-order valence-electron chi connectivity index (χ1n) is 7.46. The number of rotatable bonds is 6. The van der Waals surface area contributed by atoms with Gasteiger partial charge in [-0.25, -0.2) is 13.1 Å². The summed E-state index contributed by atoms with van der Waals surface area (Å²) >= 11 is 5.96. The van der Waals surface area contributed by atoms with Gasteiger partial charge in [-0.15, -0.1) is 0 Å². The molecule has 0 aliphatic carbocycles. The molecule has 2 rings (SSSR count). The number of methoxy groups -OCH3 is 1. The van der Waals surface area contributed by atoms with E-state index >= 15 is 0 Å². The number of hydrogen-bond acceptors (Lipinski definition) is 3. The van der Waals surface area contributed by atoms with Crippen molar-refractivity contribution >= 4 is 21.6 Å². The lowest BCUT2D eigenvalue weighted by Gasteiger charge is -2.29. The predicted octanol–water partition coefficient (Wildman–Crippen LogP) is 4.20. The van der Waals surface area contributed by atoms with Gasteiger partial charge in [0.15, 0.2) is 0 Å². The molecule has 1 N–H and O–H groups in total. The third kappa shape index (κ3) is 4.76. The van der Waals surface area contributed by atoms with E-state index in [2.05, 4.69) is 4.72 Å². The van der Waals surface area contributed by atoms with Crippen LogP contribution in [0.15, 0.2) is 53.4 Å². The third-order valence-corrected chi connectivity index (χ3v) is 5.63. The zero-order valence-corrected chi connectivity index (χ0v) is 15.5. The third-order valence-electron chi connectivity index (χ3n) is 3.98. The van der Waals surface area contributed by atoms with Crippen LogP contribution in [0, 0.1) is 0 Å². The molecule has 4 nitrogen and oxygen atoms in total. The fourth-order valence-electron chi connectivity index (χ4n) is 2.25. The normalized spacial score (nSPS) is 14.8. The highest BCUT2D eigenvalue weighted by molar-refractivity contribution is 7.89. The molecule has 2 aromatic carbocycles. The molecule has 2 aromatic rings. The number of halogens is 4. The van der Waals surface area contributed by atoms with Gasteiger partial charge >= 0.3 is 6.18 Å². The first kappa shape index (κ1) is 20.7. The molecule has 0 amide bonds. The van der Waals surface area contributed by atoms with Crippen LogP contribution in [0.3, 0.4) is 0 Å². The van der Waals surface area contributed by atoms with Crippen molar-refractivity contribution in [3.05, 3.63) is 64.7 Å². The molecular formula is C17H17ClF3NO3S. The SMILES string of the molecule is COC(C)(CNS(=O)(=O)c1ccc(C(F)(F)F)cc1)c1cccc(Cl)c1. The topological polar surface area (TPSA) is 55.4 Å². The molecule has 0 bridgehead atoms. The Hall–Kier alpha value is -1.61. The molecule has 1 atom stereocenters. The Kier molecular flexibility index (Phi) is 6.02. The largest absolute Gasteiger partial charge is 0.416 e. The van der Waals surface area contributed by atoms with Crippen molar-refractivity contribution in [2.45, 2.75) is 23.6 Å². The molecular weight excluding hydrogens is 391 g/mol. The van der Waals surface area contributed by atoms with Crippen LogP contribution in [0.2, 0.25) is 5.02 Å². The molecule has 0 saturated carbocycles. The lowest BCUT2D eigenvalue weighted by atomic mass is 9.96. The Morgan fingerprint density at radius 1 is 1.08 bits per heavy atom. The molecule has 0 spiro atoms. The molecule has 0 saturated heterocycles. The van der Waals surface area contributed by atoms with Gasteiger partial charge in [0.25, 0.3) is 0 Å². The summed E-state index contributed by atoms with van der Waals surface area (Å²) in [6, 6.07) is 10.0. The molecule has 142 valence electrons. The maximum Gasteiger partial charge on any atom is 0.416 e. The van der Waals surface area contributed by atoms with E-state index in [9.17, 15) is 21.6 Å². The van der Waals surface area contributed by atoms with Crippen LogP contribution in [0.4, 0.5) is 13.2 Å². The number of alkyl halides is 3. The van der Waals surface area contributed by atoms with Crippen LogP contribution in [-0.4, -0.2) is 22.1 Å². The van der Waals surface area contributed by atoms with Crippen molar-refractivity contribution in [2.24, 2.45) is 0 Å². The lowest BCUT2D eigenvalue weighted by Crippen LogP contribution is -2.40. The fourth-order valence-corrected chi connectivity index (χ4v) is 3.57. The molecule has 0 aliphatic rings. The Morgan fingerprint density at radius 3 is 2.19 bits per heavy atom. The maximum atomic E-state index is 12.6. The van der Waals surface area contributed by atoms with Gasteiger partial charge in [0.2, 0.25) is 10.0 Å². The Bertz CT molecular complexity index is 870. The van der Waals surface area contributed by atoms with E-state index in [1.807, 2.05) is 0 Å². The predicted molar refractivity (Wildman–Crippen MR) is 92.4 cm³/mol. The van der Waals surface area contributed by atoms with Crippen molar-refractivity contribution in [1.29, 1.82) is 0 Å². The summed E-state index contributed by atoms with van der Waals surface area (Å²) in [6.45, 7) is 1.54. The van der Waals surface area contributed by atoms with E-state index in [4.69, 9.17) is 16.3 Å². The quantitative estimate of drug-likeness (QED) is 0.780. The highest BCUT2D eigenvalue weighted by atomic mass is 35.5. The van der Waals surface area contributed by atoms with Gasteiger partial charge in [0.05, 0.1) is 10.5 Å². The molecule has 0 aliphatic heterocycles. The van der Waals surface area contributed by atoms with Crippen LogP contribution in [0.5, 0.6) is 0 Å². The van der Waals surface area contributed by atoms with Gasteiger partial charge < -0.3 is 4.74 Å². The van der Waals surface area contributed by atoms with Gasteiger partial charge in [0.1, 0.15) is 5.60 Å². The number of benzene rings is 2. The second-order valence-electron chi connectivity index (χ2n) is 5.79. The first-order valence-corrected chi connectivity index (χ1v) is 9.32. The molecule has 0 radical (unpaired) electrons. The molecule has 0 fully saturated rings. The van der Waals surface area contributed by atoms with Crippen LogP contribution in [0.25, 0.3) is 0 Å². The van der Waals surface area contributed by atoms with Gasteiger partial charge in [-0.2, -0.15) is 13.2 Å². The average Bonchev–Trinajstić information content (AvgIpc) is 2.59. The zero-order valence-electron chi connectivity index (χ0n) is 14.0. The molecule has 0 heterocycles. The van der Waals surface area contributed by atoms with E-state index in [0.717, 1.165) is 24.3 Å². The average molecular weight is 408 g/mol. The van der Waals surface area contributed by atoms with Crippen molar-refractivity contribution in [3.8, 4) is 0 Å². The zero-order chi connectivity index (χ0) is 19.6. The number of hydrogen-bond donors (Lipinski definition) is 1. The molecule has 1 unspecified atom stereocenters. The Labute approximate surface area is 155 Å². The van der Waals surface area contributed by atoms with E-state index < -0.39 is 27.4 Å². The van der Waals surface area contributed by atoms with E-state index in [1.54, 1.807) is 31.2 Å². The van der Waals surface area contributed by atoms with E-state index in [1.165, 1.54) is 7.11 Å². The van der Waals surface area contributed by atoms with Crippen LogP contribution in [0.1, 0.15) is 18.1 Å². The summed E-state index contributed by atoms with van der Waals surface area (Å²) in [5.41, 5.74) is -1.27. The van der Waals surface area contributed by atoms with E-state index in [0.29, 0.717) is 10.6 Å². The Balaban J connectivity index is 2.20. The standard InChI is InChI=1S/C17H17ClF3NO3S/c1-16(25-2,13-4-3-5-14(18)10-13)11-22-26(23,24)15-8-6-12(7-9-15)17(19,20)21/h3-10,22H,11H2,1-2H3. The first-order chi connectivity index (χ1) is 12.0. The van der Waals surface area contributed by atoms with Crippen LogP contribution >= 0.6 is 11.6 Å². The van der Waals surface area contributed by atoms with Crippen molar-refractivity contribution in [1.82, 2.24) is 4.72 Å². The van der Waals surface area contributed by atoms with Gasteiger partial charge in [0, 0.05) is 18.7 Å². The van der Waals surface area contributed by atoms with Crippen molar-refractivity contribution in [3.63, 3.8) is 0 Å². The minimum Gasteiger partial charge on any atom is -0.372 e. The number of sulfonamides is 1. The lowest BCUT2D eigenvalue weighted by molar-refractivity contribution is -0.137. The smallest absolute Gasteiger partial charge is 0.372 e. The second-order valence-corrected chi connectivity index (χ2v) is 8.00. The van der Waals surface area contributed by atoms with Gasteiger partial charge in [-0.1, -0.05) is 23.7 Å². The summed E-state index contributed by atoms with van der Waals surface area (Å²) in [7, 11) is -2.59. The van der Waals surface area contributed by atoms with Gasteiger partial charge in [-0.3, -0.25) is 0 Å². The number of nitrogens with one attached hydrogen (secondary N) is 1. The summed E-state index contributed by atoms with van der Waals surface area (Å²) in [6.07, 6.45) is -4.53.